The Morgan fingerprint density at radius 3 is 1.39 bits per heavy atom. The fraction of sp³-hybridized carbons (Fsp3) is 0.0189. The number of benzene rings is 8. The Bertz CT molecular complexity index is 2830. The van der Waals surface area contributed by atoms with E-state index in [-0.39, 0.29) is 0 Å². The second-order valence-corrected chi connectivity index (χ2v) is 14.5. The largest absolute Gasteiger partial charge is 0.457 e. The normalized spacial score (nSPS) is 12.9. The van der Waals surface area contributed by atoms with Crippen molar-refractivity contribution in [2.45, 2.75) is 5.41 Å². The Morgan fingerprint density at radius 1 is 0.304 bits per heavy atom. The van der Waals surface area contributed by atoms with Crippen molar-refractivity contribution >= 4 is 0 Å². The van der Waals surface area contributed by atoms with Crippen LogP contribution in [0.4, 0.5) is 0 Å². The molecule has 9 aromatic rings. The zero-order valence-electron chi connectivity index (χ0n) is 30.4. The van der Waals surface area contributed by atoms with E-state index >= 15 is 0 Å². The molecule has 8 aromatic carbocycles. The van der Waals surface area contributed by atoms with Crippen molar-refractivity contribution in [3.63, 3.8) is 0 Å². The summed E-state index contributed by atoms with van der Waals surface area (Å²) in [6.45, 7) is 0. The lowest BCUT2D eigenvalue weighted by Gasteiger charge is -2.39. The summed E-state index contributed by atoms with van der Waals surface area (Å²) in [5.41, 5.74) is 16.4. The average molecular weight is 715 g/mol. The van der Waals surface area contributed by atoms with E-state index in [1.807, 2.05) is 36.4 Å². The second kappa shape index (κ2) is 12.9. The Kier molecular flexibility index (Phi) is 7.39. The first-order valence-corrected chi connectivity index (χ1v) is 19.1. The molecule has 11 rings (SSSR count). The third-order valence-corrected chi connectivity index (χ3v) is 11.4. The molecule has 2 heterocycles. The fourth-order valence-electron chi connectivity index (χ4n) is 8.82. The lowest BCUT2D eigenvalue weighted by Crippen LogP contribution is -2.32. The van der Waals surface area contributed by atoms with Gasteiger partial charge in [-0.05, 0) is 68.8 Å². The number of rotatable bonds is 5. The van der Waals surface area contributed by atoms with Crippen molar-refractivity contribution in [2.24, 2.45) is 0 Å². The van der Waals surface area contributed by atoms with Gasteiger partial charge in [0, 0.05) is 27.8 Å². The van der Waals surface area contributed by atoms with Crippen molar-refractivity contribution in [3.8, 4) is 78.8 Å². The zero-order valence-corrected chi connectivity index (χ0v) is 30.4. The van der Waals surface area contributed by atoms with Crippen LogP contribution in [0.3, 0.4) is 0 Å². The summed E-state index contributed by atoms with van der Waals surface area (Å²) in [4.78, 5) is 10.1. The number of fused-ring (bicyclic) bond motifs is 9. The van der Waals surface area contributed by atoms with E-state index < -0.39 is 5.41 Å². The maximum atomic E-state index is 6.77. The van der Waals surface area contributed by atoms with Gasteiger partial charge in [-0.1, -0.05) is 182 Å². The molecule has 0 atom stereocenters. The van der Waals surface area contributed by atoms with Gasteiger partial charge in [-0.25, -0.2) is 9.97 Å². The molecule has 1 aliphatic carbocycles. The maximum absolute atomic E-state index is 6.77. The van der Waals surface area contributed by atoms with Gasteiger partial charge in [-0.15, -0.1) is 0 Å². The first kappa shape index (κ1) is 32.1. The summed E-state index contributed by atoms with van der Waals surface area (Å²) in [5, 5.41) is 0. The molecule has 1 spiro atoms. The van der Waals surface area contributed by atoms with Crippen LogP contribution in [0, 0.1) is 0 Å². The maximum Gasteiger partial charge on any atom is 0.160 e. The van der Waals surface area contributed by atoms with Crippen molar-refractivity contribution in [2.75, 3.05) is 0 Å². The van der Waals surface area contributed by atoms with Crippen molar-refractivity contribution in [1.82, 2.24) is 9.97 Å². The summed E-state index contributed by atoms with van der Waals surface area (Å²) in [5.74, 6) is 2.48. The third kappa shape index (κ3) is 5.05. The lowest BCUT2D eigenvalue weighted by molar-refractivity contribution is 0.436. The van der Waals surface area contributed by atoms with E-state index in [4.69, 9.17) is 14.7 Å². The molecule has 1 aliphatic heterocycles. The van der Waals surface area contributed by atoms with Gasteiger partial charge >= 0.3 is 0 Å². The molecule has 56 heavy (non-hydrogen) atoms. The molecular formula is C53H34N2O. The number of hydrogen-bond acceptors (Lipinski definition) is 3. The summed E-state index contributed by atoms with van der Waals surface area (Å²) in [7, 11) is 0. The number of hydrogen-bond donors (Lipinski definition) is 0. The molecule has 0 bridgehead atoms. The van der Waals surface area contributed by atoms with Gasteiger partial charge in [0.25, 0.3) is 0 Å². The van der Waals surface area contributed by atoms with Crippen LogP contribution in [0.5, 0.6) is 11.5 Å². The van der Waals surface area contributed by atoms with Crippen LogP contribution < -0.4 is 4.74 Å². The quantitative estimate of drug-likeness (QED) is 0.178. The Hall–Kier alpha value is -7.36. The highest BCUT2D eigenvalue weighted by molar-refractivity contribution is 5.89. The Morgan fingerprint density at radius 2 is 0.768 bits per heavy atom. The first-order chi connectivity index (χ1) is 27.7. The fourth-order valence-corrected chi connectivity index (χ4v) is 8.82. The monoisotopic (exact) mass is 714 g/mol. The van der Waals surface area contributed by atoms with E-state index in [0.717, 1.165) is 61.8 Å². The highest BCUT2D eigenvalue weighted by atomic mass is 16.5. The van der Waals surface area contributed by atoms with Crippen LogP contribution in [-0.4, -0.2) is 9.97 Å². The van der Waals surface area contributed by atoms with Gasteiger partial charge in [0.2, 0.25) is 0 Å². The van der Waals surface area contributed by atoms with E-state index in [1.54, 1.807) is 0 Å². The highest BCUT2D eigenvalue weighted by Crippen LogP contribution is 2.62. The molecule has 0 N–H and O–H groups in total. The smallest absolute Gasteiger partial charge is 0.160 e. The standard InChI is InChI=1S/C53H34N2O/c1-3-14-37(15-4-1)48-34-49(38-16-5-2-6-17-38)55-52(54-48)41-19-13-18-39(32-41)35-26-28-36(29-27-35)40-30-31-47-51(33-40)56-50-25-12-11-24-46(50)53(47)44-22-9-7-20-42(44)43-21-8-10-23-45(43)53/h1-34H. The molecule has 0 radical (unpaired) electrons. The van der Waals surface area contributed by atoms with Gasteiger partial charge in [0.05, 0.1) is 16.8 Å². The minimum Gasteiger partial charge on any atom is -0.457 e. The SMILES string of the molecule is c1ccc(-c2cc(-c3ccccc3)nc(-c3cccc(-c4ccc(-c5ccc6c(c5)Oc5ccccc5C65c6ccccc6-c6ccccc65)cc4)c3)n2)cc1. The third-order valence-electron chi connectivity index (χ3n) is 11.4. The molecule has 262 valence electrons. The van der Waals surface area contributed by atoms with Gasteiger partial charge in [-0.3, -0.25) is 0 Å². The molecule has 0 fully saturated rings. The summed E-state index contributed by atoms with van der Waals surface area (Å²) in [6, 6.07) is 73.0. The van der Waals surface area contributed by atoms with Gasteiger partial charge in [-0.2, -0.15) is 0 Å². The molecule has 3 heteroatoms. The minimum atomic E-state index is -0.461. The topological polar surface area (TPSA) is 35.0 Å². The van der Waals surface area contributed by atoms with Crippen LogP contribution >= 0.6 is 0 Å². The molecule has 0 saturated heterocycles. The summed E-state index contributed by atoms with van der Waals surface area (Å²) < 4.78 is 6.77. The van der Waals surface area contributed by atoms with Crippen LogP contribution in [0.1, 0.15) is 22.3 Å². The van der Waals surface area contributed by atoms with Crippen LogP contribution in [-0.2, 0) is 5.41 Å². The molecular weight excluding hydrogens is 681 g/mol. The van der Waals surface area contributed by atoms with Crippen LogP contribution in [0.25, 0.3) is 67.3 Å². The van der Waals surface area contributed by atoms with Gasteiger partial charge in [0.15, 0.2) is 5.82 Å². The minimum absolute atomic E-state index is 0.461. The first-order valence-electron chi connectivity index (χ1n) is 19.1. The predicted octanol–water partition coefficient (Wildman–Crippen LogP) is 13.3. The van der Waals surface area contributed by atoms with Gasteiger partial charge in [0.1, 0.15) is 11.5 Å². The molecule has 1 aromatic heterocycles. The van der Waals surface area contributed by atoms with E-state index in [1.165, 1.54) is 33.4 Å². The summed E-state index contributed by atoms with van der Waals surface area (Å²) in [6.07, 6.45) is 0. The van der Waals surface area contributed by atoms with E-state index in [0.29, 0.717) is 5.82 Å². The number of aromatic nitrogens is 2. The Balaban J connectivity index is 0.962. The zero-order chi connectivity index (χ0) is 37.1. The van der Waals surface area contributed by atoms with Crippen LogP contribution in [0.2, 0.25) is 0 Å². The van der Waals surface area contributed by atoms with Gasteiger partial charge < -0.3 is 4.74 Å². The highest BCUT2D eigenvalue weighted by Gasteiger charge is 2.50. The molecule has 2 aliphatic rings. The predicted molar refractivity (Wildman–Crippen MR) is 227 cm³/mol. The van der Waals surface area contributed by atoms with Crippen LogP contribution in [0.15, 0.2) is 206 Å². The molecule has 3 nitrogen and oxygen atoms in total. The lowest BCUT2D eigenvalue weighted by atomic mass is 9.66. The number of ether oxygens (including phenoxy) is 1. The summed E-state index contributed by atoms with van der Waals surface area (Å²) >= 11 is 0. The Labute approximate surface area is 326 Å². The second-order valence-electron chi connectivity index (χ2n) is 14.5. The van der Waals surface area contributed by atoms with E-state index in [2.05, 4.69) is 170 Å². The average Bonchev–Trinajstić information content (AvgIpc) is 3.57. The van der Waals surface area contributed by atoms with Crippen molar-refractivity contribution in [3.05, 3.63) is 229 Å². The molecule has 0 unspecified atom stereocenters. The van der Waals surface area contributed by atoms with Crippen molar-refractivity contribution < 1.29 is 4.74 Å². The molecule has 0 amide bonds. The number of para-hydroxylation sites is 1. The van der Waals surface area contributed by atoms with E-state index in [9.17, 15) is 0 Å². The van der Waals surface area contributed by atoms with Crippen molar-refractivity contribution in [1.29, 1.82) is 0 Å². The number of nitrogens with zero attached hydrogens (tertiary/aromatic N) is 2. The molecule has 0 saturated carbocycles.